The largest absolute Gasteiger partial charge is 0.378 e. The molecule has 2 atom stereocenters. The van der Waals surface area contributed by atoms with Gasteiger partial charge in [-0.1, -0.05) is 0 Å². The predicted molar refractivity (Wildman–Crippen MR) is 35.0 cm³/mol. The molecule has 2 aliphatic rings. The molecule has 52 valence electrons. The number of nitrogens with zero attached hydrogens (tertiary/aromatic N) is 1. The molecule has 0 amide bonds. The molecule has 2 rings (SSSR count). The average molecular weight is 127 g/mol. The fraction of sp³-hybridized carbons (Fsp3) is 1.00. The Kier molecular flexibility index (Phi) is 1.24. The quantitative estimate of drug-likeness (QED) is 0.514. The summed E-state index contributed by atoms with van der Waals surface area (Å²) in [6.07, 6.45) is 4.74. The van der Waals surface area contributed by atoms with E-state index in [-0.39, 0.29) is 6.23 Å². The Morgan fingerprint density at radius 1 is 1.22 bits per heavy atom. The highest BCUT2D eigenvalue weighted by atomic mass is 16.3. The second-order valence-electron chi connectivity index (χ2n) is 3.09. The molecule has 9 heavy (non-hydrogen) atoms. The molecule has 0 radical (unpaired) electrons. The number of aliphatic hydroxyl groups excluding tert-OH is 1. The van der Waals surface area contributed by atoms with Gasteiger partial charge < -0.3 is 5.11 Å². The van der Waals surface area contributed by atoms with Gasteiger partial charge in [0.25, 0.3) is 0 Å². The topological polar surface area (TPSA) is 23.5 Å². The Morgan fingerprint density at radius 2 is 2.11 bits per heavy atom. The molecule has 2 heterocycles. The van der Waals surface area contributed by atoms with Crippen molar-refractivity contribution in [3.05, 3.63) is 0 Å². The molecule has 0 aromatic carbocycles. The van der Waals surface area contributed by atoms with Crippen LogP contribution in [0.5, 0.6) is 0 Å². The van der Waals surface area contributed by atoms with Crippen LogP contribution in [-0.2, 0) is 0 Å². The van der Waals surface area contributed by atoms with E-state index in [0.717, 1.165) is 19.0 Å². The van der Waals surface area contributed by atoms with Crippen molar-refractivity contribution in [1.29, 1.82) is 0 Å². The highest BCUT2D eigenvalue weighted by molar-refractivity contribution is 4.86. The molecule has 0 aromatic heterocycles. The van der Waals surface area contributed by atoms with Crippen LogP contribution >= 0.6 is 0 Å². The minimum Gasteiger partial charge on any atom is -0.378 e. The summed E-state index contributed by atoms with van der Waals surface area (Å²) in [4.78, 5) is 2.24. The molecule has 0 aromatic rings. The third kappa shape index (κ3) is 0.775. The van der Waals surface area contributed by atoms with Crippen molar-refractivity contribution in [3.8, 4) is 0 Å². The second kappa shape index (κ2) is 1.96. The summed E-state index contributed by atoms with van der Waals surface area (Å²) >= 11 is 0. The van der Waals surface area contributed by atoms with Crippen LogP contribution in [0.25, 0.3) is 0 Å². The molecular formula is C7H13NO. The first-order valence-electron chi connectivity index (χ1n) is 3.82. The minimum atomic E-state index is -0.0995. The van der Waals surface area contributed by atoms with Crippen molar-refractivity contribution >= 4 is 0 Å². The lowest BCUT2D eigenvalue weighted by Crippen LogP contribution is -2.30. The first-order chi connectivity index (χ1) is 4.38. The van der Waals surface area contributed by atoms with E-state index in [0.29, 0.717) is 0 Å². The number of rotatable bonds is 0. The van der Waals surface area contributed by atoms with Crippen molar-refractivity contribution in [2.45, 2.75) is 38.0 Å². The van der Waals surface area contributed by atoms with Gasteiger partial charge in [0, 0.05) is 12.6 Å². The normalized spacial score (nSPS) is 43.7. The maximum Gasteiger partial charge on any atom is 0.107 e. The Balaban J connectivity index is 2.07. The molecule has 2 saturated heterocycles. The maximum absolute atomic E-state index is 9.33. The lowest BCUT2D eigenvalue weighted by Gasteiger charge is -2.17. The zero-order valence-corrected chi connectivity index (χ0v) is 5.58. The van der Waals surface area contributed by atoms with Gasteiger partial charge in [0.2, 0.25) is 0 Å². The van der Waals surface area contributed by atoms with Crippen molar-refractivity contribution in [3.63, 3.8) is 0 Å². The van der Waals surface area contributed by atoms with E-state index >= 15 is 0 Å². The number of hydrogen-bond donors (Lipinski definition) is 1. The molecule has 0 bridgehead atoms. The van der Waals surface area contributed by atoms with E-state index in [1.807, 2.05) is 0 Å². The molecule has 2 heteroatoms. The zero-order chi connectivity index (χ0) is 6.27. The van der Waals surface area contributed by atoms with Crippen LogP contribution in [0.3, 0.4) is 0 Å². The Bertz CT molecular complexity index is 115. The molecular weight excluding hydrogens is 114 g/mol. The van der Waals surface area contributed by atoms with Gasteiger partial charge in [0.15, 0.2) is 0 Å². The SMILES string of the molecule is OC1CCC2CCCN12. The maximum atomic E-state index is 9.33. The van der Waals surface area contributed by atoms with Gasteiger partial charge in [-0.15, -0.1) is 0 Å². The van der Waals surface area contributed by atoms with Crippen molar-refractivity contribution in [2.24, 2.45) is 0 Å². The summed E-state index contributed by atoms with van der Waals surface area (Å²) in [7, 11) is 0. The molecule has 1 N–H and O–H groups in total. The van der Waals surface area contributed by atoms with Gasteiger partial charge in [-0.05, 0) is 25.7 Å². The van der Waals surface area contributed by atoms with Crippen LogP contribution in [0.15, 0.2) is 0 Å². The lowest BCUT2D eigenvalue weighted by atomic mass is 10.2. The Morgan fingerprint density at radius 3 is 2.89 bits per heavy atom. The molecule has 0 spiro atoms. The van der Waals surface area contributed by atoms with Crippen LogP contribution in [0.2, 0.25) is 0 Å². The summed E-state index contributed by atoms with van der Waals surface area (Å²) in [5, 5.41) is 9.33. The van der Waals surface area contributed by atoms with Crippen molar-refractivity contribution in [1.82, 2.24) is 4.90 Å². The van der Waals surface area contributed by atoms with E-state index < -0.39 is 0 Å². The van der Waals surface area contributed by atoms with Crippen LogP contribution in [0.4, 0.5) is 0 Å². The van der Waals surface area contributed by atoms with Gasteiger partial charge in [0.1, 0.15) is 6.23 Å². The summed E-state index contributed by atoms with van der Waals surface area (Å²) in [5.74, 6) is 0. The van der Waals surface area contributed by atoms with Gasteiger partial charge in [-0.3, -0.25) is 4.90 Å². The van der Waals surface area contributed by atoms with Gasteiger partial charge in [-0.25, -0.2) is 0 Å². The van der Waals surface area contributed by atoms with E-state index in [4.69, 9.17) is 0 Å². The Labute approximate surface area is 55.5 Å². The Hall–Kier alpha value is -0.0800. The smallest absolute Gasteiger partial charge is 0.107 e. The number of aliphatic hydroxyl groups is 1. The lowest BCUT2D eigenvalue weighted by molar-refractivity contribution is 0.0359. The monoisotopic (exact) mass is 127 g/mol. The van der Waals surface area contributed by atoms with Crippen LogP contribution in [0, 0.1) is 0 Å². The van der Waals surface area contributed by atoms with E-state index in [9.17, 15) is 5.11 Å². The highest BCUT2D eigenvalue weighted by Crippen LogP contribution is 2.30. The van der Waals surface area contributed by atoms with Gasteiger partial charge >= 0.3 is 0 Å². The third-order valence-corrected chi connectivity index (χ3v) is 2.56. The van der Waals surface area contributed by atoms with E-state index in [1.165, 1.54) is 19.3 Å². The van der Waals surface area contributed by atoms with Crippen LogP contribution in [-0.4, -0.2) is 28.8 Å². The molecule has 2 unspecified atom stereocenters. The van der Waals surface area contributed by atoms with Crippen molar-refractivity contribution in [2.75, 3.05) is 6.54 Å². The van der Waals surface area contributed by atoms with E-state index in [2.05, 4.69) is 4.90 Å². The molecule has 2 nitrogen and oxygen atoms in total. The first kappa shape index (κ1) is 5.69. The van der Waals surface area contributed by atoms with Gasteiger partial charge in [-0.2, -0.15) is 0 Å². The predicted octanol–water partition coefficient (Wildman–Crippen LogP) is 0.563. The second-order valence-corrected chi connectivity index (χ2v) is 3.09. The van der Waals surface area contributed by atoms with Crippen LogP contribution in [0.1, 0.15) is 25.7 Å². The highest BCUT2D eigenvalue weighted by Gasteiger charge is 2.34. The molecule has 0 aliphatic carbocycles. The van der Waals surface area contributed by atoms with E-state index in [1.54, 1.807) is 0 Å². The van der Waals surface area contributed by atoms with Crippen molar-refractivity contribution < 1.29 is 5.11 Å². The molecule has 2 fully saturated rings. The summed E-state index contributed by atoms with van der Waals surface area (Å²) in [6, 6.07) is 0.736. The molecule has 2 aliphatic heterocycles. The summed E-state index contributed by atoms with van der Waals surface area (Å²) in [6.45, 7) is 1.13. The summed E-state index contributed by atoms with van der Waals surface area (Å²) < 4.78 is 0. The van der Waals surface area contributed by atoms with Crippen LogP contribution < -0.4 is 0 Å². The minimum absolute atomic E-state index is 0.0995. The standard InChI is InChI=1S/C7H13NO/c9-7-4-3-6-2-1-5-8(6)7/h6-7,9H,1-5H2. The fourth-order valence-electron chi connectivity index (χ4n) is 2.07. The summed E-state index contributed by atoms with van der Waals surface area (Å²) in [5.41, 5.74) is 0. The fourth-order valence-corrected chi connectivity index (χ4v) is 2.07. The molecule has 0 saturated carbocycles. The van der Waals surface area contributed by atoms with Gasteiger partial charge in [0.05, 0.1) is 0 Å². The zero-order valence-electron chi connectivity index (χ0n) is 5.58. The number of fused-ring (bicyclic) bond motifs is 1. The average Bonchev–Trinajstić information content (AvgIpc) is 2.35. The number of hydrogen-bond acceptors (Lipinski definition) is 2. The third-order valence-electron chi connectivity index (χ3n) is 2.56. The first-order valence-corrected chi connectivity index (χ1v) is 3.82.